The number of aromatic carboxylic acids is 1. The van der Waals surface area contributed by atoms with Gasteiger partial charge in [-0.1, -0.05) is 0 Å². The van der Waals surface area contributed by atoms with Gasteiger partial charge in [-0.2, -0.15) is 0 Å². The number of hydrogen-bond donors (Lipinski definition) is 3. The van der Waals surface area contributed by atoms with E-state index in [2.05, 4.69) is 5.32 Å². The molecule has 1 aromatic heterocycles. The molecule has 0 aliphatic heterocycles. The van der Waals surface area contributed by atoms with Crippen molar-refractivity contribution in [3.05, 3.63) is 21.9 Å². The van der Waals surface area contributed by atoms with E-state index in [1.165, 1.54) is 11.3 Å². The minimum absolute atomic E-state index is 0.337. The lowest BCUT2D eigenvalue weighted by atomic mass is 10.2. The van der Waals surface area contributed by atoms with Crippen LogP contribution in [0, 0.1) is 0 Å². The van der Waals surface area contributed by atoms with E-state index in [1.54, 1.807) is 19.2 Å². The summed E-state index contributed by atoms with van der Waals surface area (Å²) in [6.45, 7) is 1.63. The zero-order valence-electron chi connectivity index (χ0n) is 9.68. The van der Waals surface area contributed by atoms with Crippen molar-refractivity contribution in [2.24, 2.45) is 0 Å². The van der Waals surface area contributed by atoms with Gasteiger partial charge in [-0.25, -0.2) is 4.79 Å². The number of thiophene rings is 1. The number of carboxylic acid groups (broad SMARTS) is 1. The molecule has 0 amide bonds. The quantitative estimate of drug-likeness (QED) is 0.605. The Bertz CT molecular complexity index is 353. The van der Waals surface area contributed by atoms with Crippen molar-refractivity contribution >= 4 is 17.3 Å². The van der Waals surface area contributed by atoms with E-state index in [-0.39, 0.29) is 0 Å². The molecule has 1 aromatic rings. The van der Waals surface area contributed by atoms with E-state index in [9.17, 15) is 9.90 Å². The molecule has 17 heavy (non-hydrogen) atoms. The van der Waals surface area contributed by atoms with E-state index in [0.29, 0.717) is 31.0 Å². The molecule has 5 nitrogen and oxygen atoms in total. The van der Waals surface area contributed by atoms with E-state index in [4.69, 9.17) is 9.84 Å². The summed E-state index contributed by atoms with van der Waals surface area (Å²) in [4.78, 5) is 12.0. The number of aliphatic hydroxyl groups excluding tert-OH is 1. The summed E-state index contributed by atoms with van der Waals surface area (Å²) in [5.74, 6) is -0.892. The molecule has 0 radical (unpaired) electrons. The number of nitrogens with one attached hydrogen (secondary N) is 1. The first-order chi connectivity index (χ1) is 8.13. The van der Waals surface area contributed by atoms with Gasteiger partial charge in [-0.15, -0.1) is 11.3 Å². The first-order valence-electron chi connectivity index (χ1n) is 5.33. The van der Waals surface area contributed by atoms with Gasteiger partial charge in [-0.3, -0.25) is 0 Å². The van der Waals surface area contributed by atoms with Gasteiger partial charge in [0, 0.05) is 18.5 Å². The lowest BCUT2D eigenvalue weighted by Crippen LogP contribution is -2.22. The molecule has 3 N–H and O–H groups in total. The third-order valence-electron chi connectivity index (χ3n) is 2.19. The first-order valence-corrected chi connectivity index (χ1v) is 6.15. The average Bonchev–Trinajstić information content (AvgIpc) is 2.73. The summed E-state index contributed by atoms with van der Waals surface area (Å²) >= 11 is 1.26. The van der Waals surface area contributed by atoms with Gasteiger partial charge in [0.25, 0.3) is 0 Å². The molecule has 0 aliphatic carbocycles. The lowest BCUT2D eigenvalue weighted by molar-refractivity contribution is 0.0594. The molecule has 0 spiro atoms. The van der Waals surface area contributed by atoms with Crippen molar-refractivity contribution in [1.82, 2.24) is 5.32 Å². The van der Waals surface area contributed by atoms with Gasteiger partial charge in [-0.05, 0) is 25.1 Å². The second kappa shape index (κ2) is 7.39. The normalized spacial score (nSPS) is 12.6. The third-order valence-corrected chi connectivity index (χ3v) is 3.26. The van der Waals surface area contributed by atoms with Crippen LogP contribution in [0.3, 0.4) is 0 Å². The molecular formula is C11H17NO4S. The molecule has 1 atom stereocenters. The van der Waals surface area contributed by atoms with Crippen LogP contribution >= 0.6 is 11.3 Å². The fraction of sp³-hybridized carbons (Fsp3) is 0.545. The number of ether oxygens (including phenoxy) is 1. The van der Waals surface area contributed by atoms with E-state index in [1.807, 2.05) is 0 Å². The number of carboxylic acids is 1. The van der Waals surface area contributed by atoms with Crippen LogP contribution in [0.1, 0.15) is 21.0 Å². The molecule has 1 unspecified atom stereocenters. The minimum atomic E-state index is -0.892. The second-order valence-electron chi connectivity index (χ2n) is 3.65. The van der Waals surface area contributed by atoms with Crippen LogP contribution < -0.4 is 5.32 Å². The Hall–Kier alpha value is -0.950. The summed E-state index contributed by atoms with van der Waals surface area (Å²) in [7, 11) is 1.55. The van der Waals surface area contributed by atoms with Crippen molar-refractivity contribution in [2.75, 3.05) is 20.3 Å². The summed E-state index contributed by atoms with van der Waals surface area (Å²) in [5.41, 5.74) is 0. The predicted molar refractivity (Wildman–Crippen MR) is 65.5 cm³/mol. The third kappa shape index (κ3) is 5.27. The van der Waals surface area contributed by atoms with Crippen LogP contribution in [0.5, 0.6) is 0 Å². The van der Waals surface area contributed by atoms with Crippen LogP contribution in [-0.2, 0) is 11.3 Å². The van der Waals surface area contributed by atoms with Gasteiger partial charge in [0.1, 0.15) is 4.88 Å². The van der Waals surface area contributed by atoms with Crippen LogP contribution in [0.4, 0.5) is 0 Å². The van der Waals surface area contributed by atoms with E-state index < -0.39 is 12.1 Å². The molecule has 0 aromatic carbocycles. The zero-order chi connectivity index (χ0) is 12.7. The second-order valence-corrected chi connectivity index (χ2v) is 4.81. The number of carbonyl (C=O) groups is 1. The molecule has 0 saturated carbocycles. The summed E-state index contributed by atoms with van der Waals surface area (Å²) in [6.07, 6.45) is 0.163. The molecule has 0 fully saturated rings. The molecule has 0 saturated heterocycles. The fourth-order valence-electron chi connectivity index (χ4n) is 1.34. The Morgan fingerprint density at radius 1 is 1.59 bits per heavy atom. The monoisotopic (exact) mass is 259 g/mol. The number of methoxy groups -OCH3 is 1. The molecular weight excluding hydrogens is 242 g/mol. The Labute approximate surface area is 104 Å². The summed E-state index contributed by atoms with van der Waals surface area (Å²) in [6, 6.07) is 3.40. The highest BCUT2D eigenvalue weighted by atomic mass is 32.1. The van der Waals surface area contributed by atoms with E-state index >= 15 is 0 Å². The maximum Gasteiger partial charge on any atom is 0.345 e. The van der Waals surface area contributed by atoms with Crippen LogP contribution in [-0.4, -0.2) is 42.5 Å². The molecule has 1 heterocycles. The largest absolute Gasteiger partial charge is 0.477 e. The SMILES string of the molecule is COCC(O)CCNCc1ccc(C(=O)O)s1. The van der Waals surface area contributed by atoms with Gasteiger partial charge in [0.05, 0.1) is 12.7 Å². The molecule has 1 rings (SSSR count). The Balaban J connectivity index is 2.19. The first kappa shape index (κ1) is 14.1. The molecule has 0 bridgehead atoms. The smallest absolute Gasteiger partial charge is 0.345 e. The highest BCUT2D eigenvalue weighted by Crippen LogP contribution is 2.15. The maximum atomic E-state index is 10.6. The standard InChI is InChI=1S/C11H17NO4S/c1-16-7-8(13)4-5-12-6-9-2-3-10(17-9)11(14)15/h2-3,8,12-13H,4-7H2,1H3,(H,14,15). The maximum absolute atomic E-state index is 10.6. The van der Waals surface area contributed by atoms with Gasteiger partial charge < -0.3 is 20.3 Å². The van der Waals surface area contributed by atoms with Gasteiger partial charge >= 0.3 is 5.97 Å². The van der Waals surface area contributed by atoms with Crippen LogP contribution in [0.15, 0.2) is 12.1 Å². The molecule has 6 heteroatoms. The van der Waals surface area contributed by atoms with Crippen molar-refractivity contribution in [3.8, 4) is 0 Å². The fourth-order valence-corrected chi connectivity index (χ4v) is 2.16. The van der Waals surface area contributed by atoms with Crippen molar-refractivity contribution in [2.45, 2.75) is 19.1 Å². The minimum Gasteiger partial charge on any atom is -0.477 e. The average molecular weight is 259 g/mol. The predicted octanol–water partition coefficient (Wildman–Crippen LogP) is 0.933. The number of hydrogen-bond acceptors (Lipinski definition) is 5. The Kier molecular flexibility index (Phi) is 6.13. The van der Waals surface area contributed by atoms with Crippen molar-refractivity contribution < 1.29 is 19.7 Å². The number of rotatable bonds is 8. The molecule has 96 valence electrons. The van der Waals surface area contributed by atoms with Gasteiger partial charge in [0.2, 0.25) is 0 Å². The van der Waals surface area contributed by atoms with Crippen LogP contribution in [0.25, 0.3) is 0 Å². The molecule has 0 aliphatic rings. The van der Waals surface area contributed by atoms with Crippen molar-refractivity contribution in [1.29, 1.82) is 0 Å². The summed E-state index contributed by atoms with van der Waals surface area (Å²) in [5, 5.41) is 21.3. The highest BCUT2D eigenvalue weighted by molar-refractivity contribution is 7.13. The highest BCUT2D eigenvalue weighted by Gasteiger charge is 2.07. The van der Waals surface area contributed by atoms with Crippen LogP contribution in [0.2, 0.25) is 0 Å². The number of aliphatic hydroxyl groups is 1. The topological polar surface area (TPSA) is 78.8 Å². The Morgan fingerprint density at radius 2 is 2.35 bits per heavy atom. The van der Waals surface area contributed by atoms with Crippen molar-refractivity contribution in [3.63, 3.8) is 0 Å². The Morgan fingerprint density at radius 3 is 2.94 bits per heavy atom. The zero-order valence-corrected chi connectivity index (χ0v) is 10.5. The lowest BCUT2D eigenvalue weighted by Gasteiger charge is -2.09. The van der Waals surface area contributed by atoms with E-state index in [0.717, 1.165) is 4.88 Å². The summed E-state index contributed by atoms with van der Waals surface area (Å²) < 4.78 is 4.81. The van der Waals surface area contributed by atoms with Gasteiger partial charge in [0.15, 0.2) is 0 Å².